The van der Waals surface area contributed by atoms with E-state index in [2.05, 4.69) is 20.7 Å². The van der Waals surface area contributed by atoms with E-state index in [4.69, 9.17) is 0 Å². The van der Waals surface area contributed by atoms with Gasteiger partial charge in [-0.15, -0.1) is 0 Å². The Balaban J connectivity index is 2.39. The van der Waals surface area contributed by atoms with E-state index >= 15 is 0 Å². The van der Waals surface area contributed by atoms with Gasteiger partial charge >= 0.3 is 0 Å². The van der Waals surface area contributed by atoms with Crippen molar-refractivity contribution >= 4 is 31.6 Å². The van der Waals surface area contributed by atoms with Crippen molar-refractivity contribution < 1.29 is 8.42 Å². The van der Waals surface area contributed by atoms with E-state index in [0.29, 0.717) is 5.69 Å². The van der Waals surface area contributed by atoms with Crippen molar-refractivity contribution in [3.8, 4) is 0 Å². The van der Waals surface area contributed by atoms with Crippen LogP contribution in [0.4, 0.5) is 5.69 Å². The molecule has 2 aromatic rings. The number of benzene rings is 2. The maximum absolute atomic E-state index is 12.3. The van der Waals surface area contributed by atoms with Gasteiger partial charge in [-0.3, -0.25) is 4.72 Å². The van der Waals surface area contributed by atoms with Crippen LogP contribution < -0.4 is 4.72 Å². The van der Waals surface area contributed by atoms with Crippen LogP contribution in [0, 0.1) is 13.8 Å². The first-order chi connectivity index (χ1) is 8.90. The topological polar surface area (TPSA) is 46.2 Å². The molecule has 0 atom stereocenters. The van der Waals surface area contributed by atoms with Crippen LogP contribution in [0.15, 0.2) is 51.8 Å². The SMILES string of the molecule is Cc1ccc(S(=O)(=O)Nc2c(C)cccc2Br)cc1. The maximum Gasteiger partial charge on any atom is 0.261 e. The number of hydrogen-bond donors (Lipinski definition) is 1. The largest absolute Gasteiger partial charge is 0.278 e. The first-order valence-electron chi connectivity index (χ1n) is 5.75. The predicted molar refractivity (Wildman–Crippen MR) is 80.9 cm³/mol. The summed E-state index contributed by atoms with van der Waals surface area (Å²) in [5, 5.41) is 0. The Morgan fingerprint density at radius 2 is 1.63 bits per heavy atom. The minimum atomic E-state index is -3.56. The number of para-hydroxylation sites is 1. The summed E-state index contributed by atoms with van der Waals surface area (Å²) in [6, 6.07) is 12.3. The van der Waals surface area contributed by atoms with E-state index in [1.54, 1.807) is 30.3 Å². The summed E-state index contributed by atoms with van der Waals surface area (Å²) in [7, 11) is -3.56. The summed E-state index contributed by atoms with van der Waals surface area (Å²) in [6.07, 6.45) is 0. The molecule has 1 N–H and O–H groups in total. The fraction of sp³-hybridized carbons (Fsp3) is 0.143. The van der Waals surface area contributed by atoms with Gasteiger partial charge in [-0.25, -0.2) is 8.42 Å². The third-order valence-electron chi connectivity index (χ3n) is 2.79. The van der Waals surface area contributed by atoms with Gasteiger partial charge in [0.05, 0.1) is 10.6 Å². The van der Waals surface area contributed by atoms with Crippen LogP contribution in [0.1, 0.15) is 11.1 Å². The lowest BCUT2D eigenvalue weighted by Gasteiger charge is -2.12. The number of anilines is 1. The average molecular weight is 340 g/mol. The molecule has 0 saturated heterocycles. The number of halogens is 1. The second-order valence-corrected chi connectivity index (χ2v) is 6.89. The molecule has 5 heteroatoms. The minimum absolute atomic E-state index is 0.258. The summed E-state index contributed by atoms with van der Waals surface area (Å²) >= 11 is 3.36. The summed E-state index contributed by atoms with van der Waals surface area (Å²) in [4.78, 5) is 0.258. The fourth-order valence-electron chi connectivity index (χ4n) is 1.67. The van der Waals surface area contributed by atoms with Gasteiger partial charge in [0, 0.05) is 4.47 Å². The van der Waals surface area contributed by atoms with E-state index in [1.807, 2.05) is 26.0 Å². The molecule has 0 aliphatic rings. The normalized spacial score (nSPS) is 11.3. The first-order valence-corrected chi connectivity index (χ1v) is 8.02. The van der Waals surface area contributed by atoms with Crippen LogP contribution in [0.5, 0.6) is 0 Å². The molecule has 0 heterocycles. The average Bonchev–Trinajstić information content (AvgIpc) is 2.35. The summed E-state index contributed by atoms with van der Waals surface area (Å²) in [5.41, 5.74) is 2.46. The zero-order valence-electron chi connectivity index (χ0n) is 10.6. The molecule has 0 aliphatic carbocycles. The highest BCUT2D eigenvalue weighted by atomic mass is 79.9. The van der Waals surface area contributed by atoms with Crippen molar-refractivity contribution in [2.24, 2.45) is 0 Å². The third-order valence-corrected chi connectivity index (χ3v) is 4.82. The first kappa shape index (κ1) is 14.1. The van der Waals surface area contributed by atoms with Gasteiger partial charge in [0.15, 0.2) is 0 Å². The lowest BCUT2D eigenvalue weighted by atomic mass is 10.2. The van der Waals surface area contributed by atoms with Crippen molar-refractivity contribution in [1.82, 2.24) is 0 Å². The lowest BCUT2D eigenvalue weighted by molar-refractivity contribution is 0.601. The molecule has 3 nitrogen and oxygen atoms in total. The highest BCUT2D eigenvalue weighted by Gasteiger charge is 2.16. The van der Waals surface area contributed by atoms with Crippen molar-refractivity contribution in [2.75, 3.05) is 4.72 Å². The second-order valence-electron chi connectivity index (χ2n) is 4.35. The van der Waals surface area contributed by atoms with E-state index in [-0.39, 0.29) is 4.90 Å². The number of aryl methyl sites for hydroxylation is 2. The molecule has 100 valence electrons. The van der Waals surface area contributed by atoms with Crippen LogP contribution in [0.3, 0.4) is 0 Å². The van der Waals surface area contributed by atoms with Crippen molar-refractivity contribution in [2.45, 2.75) is 18.7 Å². The van der Waals surface area contributed by atoms with Crippen molar-refractivity contribution in [3.05, 3.63) is 58.1 Å². The Labute approximate surface area is 121 Å². The molecular weight excluding hydrogens is 326 g/mol. The van der Waals surface area contributed by atoms with Gasteiger partial charge < -0.3 is 0 Å². The monoisotopic (exact) mass is 339 g/mol. The van der Waals surface area contributed by atoms with E-state index in [0.717, 1.165) is 15.6 Å². The van der Waals surface area contributed by atoms with Crippen LogP contribution in [-0.2, 0) is 10.0 Å². The second kappa shape index (κ2) is 5.35. The third kappa shape index (κ3) is 3.16. The quantitative estimate of drug-likeness (QED) is 0.922. The van der Waals surface area contributed by atoms with Gasteiger partial charge in [-0.05, 0) is 53.5 Å². The standard InChI is InChI=1S/C14H14BrNO2S/c1-10-6-8-12(9-7-10)19(17,18)16-14-11(2)4-3-5-13(14)15/h3-9,16H,1-2H3. The van der Waals surface area contributed by atoms with Crippen LogP contribution in [0.25, 0.3) is 0 Å². The number of rotatable bonds is 3. The number of sulfonamides is 1. The van der Waals surface area contributed by atoms with Gasteiger partial charge in [0.1, 0.15) is 0 Å². The summed E-state index contributed by atoms with van der Waals surface area (Å²) in [5.74, 6) is 0. The molecule has 0 unspecified atom stereocenters. The zero-order valence-corrected chi connectivity index (χ0v) is 13.0. The Bertz CT molecular complexity index is 674. The van der Waals surface area contributed by atoms with E-state index in [1.165, 1.54) is 0 Å². The summed E-state index contributed by atoms with van der Waals surface area (Å²) < 4.78 is 27.9. The Kier molecular flexibility index (Phi) is 3.96. The van der Waals surface area contributed by atoms with Crippen molar-refractivity contribution in [1.29, 1.82) is 0 Å². The minimum Gasteiger partial charge on any atom is -0.278 e. The van der Waals surface area contributed by atoms with E-state index in [9.17, 15) is 8.42 Å². The molecule has 0 radical (unpaired) electrons. The lowest BCUT2D eigenvalue weighted by Crippen LogP contribution is -2.14. The molecule has 0 spiro atoms. The molecule has 0 fully saturated rings. The number of hydrogen-bond acceptors (Lipinski definition) is 2. The highest BCUT2D eigenvalue weighted by molar-refractivity contribution is 9.10. The van der Waals surface area contributed by atoms with Crippen LogP contribution >= 0.6 is 15.9 Å². The molecule has 19 heavy (non-hydrogen) atoms. The Morgan fingerprint density at radius 1 is 1.00 bits per heavy atom. The summed E-state index contributed by atoms with van der Waals surface area (Å²) in [6.45, 7) is 3.78. The van der Waals surface area contributed by atoms with Crippen LogP contribution in [0.2, 0.25) is 0 Å². The molecule has 0 saturated carbocycles. The molecular formula is C14H14BrNO2S. The van der Waals surface area contributed by atoms with Gasteiger partial charge in [0.2, 0.25) is 0 Å². The molecule has 0 aliphatic heterocycles. The fourth-order valence-corrected chi connectivity index (χ4v) is 3.52. The smallest absolute Gasteiger partial charge is 0.261 e. The predicted octanol–water partition coefficient (Wildman–Crippen LogP) is 3.87. The van der Waals surface area contributed by atoms with Gasteiger partial charge in [-0.1, -0.05) is 29.8 Å². The van der Waals surface area contributed by atoms with E-state index < -0.39 is 10.0 Å². The number of nitrogens with one attached hydrogen (secondary N) is 1. The van der Waals surface area contributed by atoms with Crippen LogP contribution in [-0.4, -0.2) is 8.42 Å². The van der Waals surface area contributed by atoms with Gasteiger partial charge in [-0.2, -0.15) is 0 Å². The maximum atomic E-state index is 12.3. The molecule has 2 aromatic carbocycles. The van der Waals surface area contributed by atoms with Gasteiger partial charge in [0.25, 0.3) is 10.0 Å². The van der Waals surface area contributed by atoms with Crippen molar-refractivity contribution in [3.63, 3.8) is 0 Å². The molecule has 0 amide bonds. The highest BCUT2D eigenvalue weighted by Crippen LogP contribution is 2.28. The Morgan fingerprint density at radius 3 is 2.21 bits per heavy atom. The Hall–Kier alpha value is -1.33. The molecule has 2 rings (SSSR count). The molecule has 0 aromatic heterocycles. The molecule has 0 bridgehead atoms. The zero-order chi connectivity index (χ0) is 14.0.